The van der Waals surface area contributed by atoms with Gasteiger partial charge in [-0.15, -0.1) is 0 Å². The van der Waals surface area contributed by atoms with E-state index in [-0.39, 0.29) is 0 Å². The molecule has 0 aromatic rings. The maximum absolute atomic E-state index is 10.8. The minimum Gasteiger partial charge on any atom is -0.480 e. The second-order valence-electron chi connectivity index (χ2n) is 3.33. The molecular weight excluding hydrogens is 182 g/mol. The van der Waals surface area contributed by atoms with E-state index in [2.05, 4.69) is 12.2 Å². The Balaban J connectivity index is 3.57. The smallest absolute Gasteiger partial charge is 0.320 e. The quantitative estimate of drug-likeness (QED) is 0.554. The van der Waals surface area contributed by atoms with Gasteiger partial charge in [0.2, 0.25) is 0 Å². The van der Waals surface area contributed by atoms with Gasteiger partial charge in [0.25, 0.3) is 0 Å². The van der Waals surface area contributed by atoms with Crippen LogP contribution in [-0.4, -0.2) is 37.4 Å². The molecule has 0 bridgehead atoms. The Bertz CT molecular complexity index is 150. The molecule has 0 aliphatic rings. The van der Waals surface area contributed by atoms with E-state index in [9.17, 15) is 4.79 Å². The van der Waals surface area contributed by atoms with Crippen LogP contribution in [0, 0.1) is 0 Å². The summed E-state index contributed by atoms with van der Waals surface area (Å²) in [6.07, 6.45) is 3.54. The predicted octanol–water partition coefficient (Wildman–Crippen LogP) is 1.26. The van der Waals surface area contributed by atoms with Crippen molar-refractivity contribution in [3.05, 3.63) is 0 Å². The van der Waals surface area contributed by atoms with Crippen molar-refractivity contribution in [3.8, 4) is 0 Å². The lowest BCUT2D eigenvalue weighted by Gasteiger charge is -2.13. The van der Waals surface area contributed by atoms with Crippen LogP contribution in [0.2, 0.25) is 0 Å². The van der Waals surface area contributed by atoms with Crippen LogP contribution in [0.4, 0.5) is 0 Å². The Morgan fingerprint density at radius 2 is 2.21 bits per heavy atom. The Labute approximate surface area is 85.6 Å². The van der Waals surface area contributed by atoms with E-state index in [1.54, 1.807) is 7.11 Å². The molecule has 0 aromatic heterocycles. The lowest BCUT2D eigenvalue weighted by molar-refractivity contribution is -0.139. The molecule has 0 heterocycles. The molecule has 0 radical (unpaired) electrons. The van der Waals surface area contributed by atoms with Crippen LogP contribution in [0.25, 0.3) is 0 Å². The highest BCUT2D eigenvalue weighted by Gasteiger charge is 2.14. The first-order valence-corrected chi connectivity index (χ1v) is 5.17. The monoisotopic (exact) mass is 203 g/mol. The van der Waals surface area contributed by atoms with E-state index in [1.807, 2.05) is 0 Å². The van der Waals surface area contributed by atoms with E-state index in [0.717, 1.165) is 19.3 Å². The van der Waals surface area contributed by atoms with Crippen molar-refractivity contribution >= 4 is 5.97 Å². The lowest BCUT2D eigenvalue weighted by Crippen LogP contribution is -2.37. The van der Waals surface area contributed by atoms with Gasteiger partial charge < -0.3 is 15.2 Å². The number of carboxylic acids is 1. The molecule has 84 valence electrons. The van der Waals surface area contributed by atoms with Gasteiger partial charge >= 0.3 is 5.97 Å². The highest BCUT2D eigenvalue weighted by Crippen LogP contribution is 2.00. The highest BCUT2D eigenvalue weighted by atomic mass is 16.5. The highest BCUT2D eigenvalue weighted by molar-refractivity contribution is 5.73. The van der Waals surface area contributed by atoms with E-state index < -0.39 is 12.0 Å². The fourth-order valence-electron chi connectivity index (χ4n) is 1.21. The van der Waals surface area contributed by atoms with Gasteiger partial charge in [0.05, 0.1) is 0 Å². The first-order valence-electron chi connectivity index (χ1n) is 5.17. The van der Waals surface area contributed by atoms with Gasteiger partial charge in [-0.25, -0.2) is 0 Å². The molecule has 4 heteroatoms. The van der Waals surface area contributed by atoms with Crippen molar-refractivity contribution in [1.29, 1.82) is 0 Å². The summed E-state index contributed by atoms with van der Waals surface area (Å²) < 4.78 is 4.88. The molecule has 0 spiro atoms. The molecule has 0 rings (SSSR count). The summed E-state index contributed by atoms with van der Waals surface area (Å²) in [6, 6.07) is -0.396. The topological polar surface area (TPSA) is 58.6 Å². The van der Waals surface area contributed by atoms with Crippen molar-refractivity contribution in [1.82, 2.24) is 5.32 Å². The van der Waals surface area contributed by atoms with Crippen LogP contribution in [0.5, 0.6) is 0 Å². The molecule has 2 N–H and O–H groups in total. The van der Waals surface area contributed by atoms with Crippen LogP contribution >= 0.6 is 0 Å². The van der Waals surface area contributed by atoms with E-state index >= 15 is 0 Å². The van der Waals surface area contributed by atoms with Gasteiger partial charge in [-0.05, 0) is 19.4 Å². The van der Waals surface area contributed by atoms with Gasteiger partial charge in [0, 0.05) is 13.7 Å². The van der Waals surface area contributed by atoms with Crippen molar-refractivity contribution in [2.45, 2.75) is 38.6 Å². The fourth-order valence-corrected chi connectivity index (χ4v) is 1.21. The average Bonchev–Trinajstić information content (AvgIpc) is 2.16. The number of carboxylic acid groups (broad SMARTS) is 1. The molecular formula is C10H21NO3. The van der Waals surface area contributed by atoms with Crippen LogP contribution in [-0.2, 0) is 9.53 Å². The minimum atomic E-state index is -0.754. The Hall–Kier alpha value is -0.610. The zero-order valence-corrected chi connectivity index (χ0v) is 9.08. The van der Waals surface area contributed by atoms with E-state index in [4.69, 9.17) is 9.84 Å². The zero-order chi connectivity index (χ0) is 10.8. The van der Waals surface area contributed by atoms with Crippen molar-refractivity contribution in [2.24, 2.45) is 0 Å². The largest absolute Gasteiger partial charge is 0.480 e. The summed E-state index contributed by atoms with van der Waals surface area (Å²) >= 11 is 0. The van der Waals surface area contributed by atoms with Gasteiger partial charge in [0.1, 0.15) is 6.04 Å². The minimum absolute atomic E-state index is 0.396. The summed E-state index contributed by atoms with van der Waals surface area (Å²) in [7, 11) is 1.64. The lowest BCUT2D eigenvalue weighted by atomic mass is 10.1. The summed E-state index contributed by atoms with van der Waals surface area (Å²) in [5.74, 6) is -0.754. The zero-order valence-electron chi connectivity index (χ0n) is 9.08. The summed E-state index contributed by atoms with van der Waals surface area (Å²) in [4.78, 5) is 10.8. The molecule has 0 fully saturated rings. The predicted molar refractivity (Wildman–Crippen MR) is 55.4 cm³/mol. The van der Waals surface area contributed by atoms with E-state index in [1.165, 1.54) is 0 Å². The standard InChI is InChI=1S/C10H21NO3/c1-3-4-6-9(10(12)13)11-7-5-8-14-2/h9,11H,3-8H2,1-2H3,(H,12,13). The maximum Gasteiger partial charge on any atom is 0.320 e. The summed E-state index contributed by atoms with van der Waals surface area (Å²) in [5.41, 5.74) is 0. The second-order valence-corrected chi connectivity index (χ2v) is 3.33. The first-order chi connectivity index (χ1) is 6.72. The molecule has 0 saturated heterocycles. The summed E-state index contributed by atoms with van der Waals surface area (Å²) in [6.45, 7) is 3.44. The molecule has 0 aromatic carbocycles. The number of ether oxygens (including phenoxy) is 1. The van der Waals surface area contributed by atoms with Gasteiger partial charge in [0.15, 0.2) is 0 Å². The van der Waals surface area contributed by atoms with Gasteiger partial charge in [-0.1, -0.05) is 19.8 Å². The maximum atomic E-state index is 10.8. The van der Waals surface area contributed by atoms with Crippen LogP contribution < -0.4 is 5.32 Å². The number of methoxy groups -OCH3 is 1. The molecule has 1 unspecified atom stereocenters. The number of aliphatic carboxylic acids is 1. The Morgan fingerprint density at radius 3 is 2.71 bits per heavy atom. The van der Waals surface area contributed by atoms with Crippen LogP contribution in [0.15, 0.2) is 0 Å². The average molecular weight is 203 g/mol. The molecule has 4 nitrogen and oxygen atoms in total. The fraction of sp³-hybridized carbons (Fsp3) is 0.900. The molecule has 0 aliphatic heterocycles. The van der Waals surface area contributed by atoms with Crippen LogP contribution in [0.1, 0.15) is 32.6 Å². The van der Waals surface area contributed by atoms with Crippen molar-refractivity contribution < 1.29 is 14.6 Å². The third-order valence-corrected chi connectivity index (χ3v) is 2.06. The third kappa shape index (κ3) is 6.86. The Kier molecular flexibility index (Phi) is 8.57. The third-order valence-electron chi connectivity index (χ3n) is 2.06. The number of nitrogens with one attached hydrogen (secondary N) is 1. The first kappa shape index (κ1) is 13.4. The number of unbranched alkanes of at least 4 members (excludes halogenated alkanes) is 1. The van der Waals surface area contributed by atoms with E-state index in [0.29, 0.717) is 19.6 Å². The van der Waals surface area contributed by atoms with Crippen molar-refractivity contribution in [2.75, 3.05) is 20.3 Å². The number of hydrogen-bond donors (Lipinski definition) is 2. The van der Waals surface area contributed by atoms with Gasteiger partial charge in [-0.2, -0.15) is 0 Å². The number of carbonyl (C=O) groups is 1. The molecule has 0 amide bonds. The van der Waals surface area contributed by atoms with Crippen LogP contribution in [0.3, 0.4) is 0 Å². The molecule has 1 atom stereocenters. The molecule has 0 saturated carbocycles. The normalized spacial score (nSPS) is 12.7. The number of hydrogen-bond acceptors (Lipinski definition) is 3. The van der Waals surface area contributed by atoms with Gasteiger partial charge in [-0.3, -0.25) is 4.79 Å². The second kappa shape index (κ2) is 8.97. The van der Waals surface area contributed by atoms with Crippen molar-refractivity contribution in [3.63, 3.8) is 0 Å². The molecule has 0 aliphatic carbocycles. The number of rotatable bonds is 9. The molecule has 14 heavy (non-hydrogen) atoms. The summed E-state index contributed by atoms with van der Waals surface area (Å²) in [5, 5.41) is 11.9. The Morgan fingerprint density at radius 1 is 1.50 bits per heavy atom. The SMILES string of the molecule is CCCCC(NCCCOC)C(=O)O.